The van der Waals surface area contributed by atoms with Crippen LogP contribution in [0.3, 0.4) is 0 Å². The zero-order chi connectivity index (χ0) is 18.6. The number of nitrogens with zero attached hydrogens (tertiary/aromatic N) is 1. The summed E-state index contributed by atoms with van der Waals surface area (Å²) < 4.78 is 22.0. The van der Waals surface area contributed by atoms with E-state index in [2.05, 4.69) is 56.7 Å². The van der Waals surface area contributed by atoms with Crippen molar-refractivity contribution in [2.24, 2.45) is 7.05 Å². The zero-order valence-electron chi connectivity index (χ0n) is 15.9. The predicted octanol–water partition coefficient (Wildman–Crippen LogP) is 5.96. The van der Waals surface area contributed by atoms with Gasteiger partial charge in [0.15, 0.2) is 6.20 Å². The Morgan fingerprint density at radius 3 is 2.50 bits per heavy atom. The summed E-state index contributed by atoms with van der Waals surface area (Å²) in [5, 5.41) is 2.03. The van der Waals surface area contributed by atoms with Crippen molar-refractivity contribution in [2.45, 2.75) is 33.6 Å². The third kappa shape index (κ3) is 2.50. The molecule has 0 N–H and O–H groups in total. The van der Waals surface area contributed by atoms with E-state index in [0.29, 0.717) is 11.5 Å². The summed E-state index contributed by atoms with van der Waals surface area (Å²) in [7, 11) is 2.05. The highest BCUT2D eigenvalue weighted by Gasteiger charge is 2.23. The van der Waals surface area contributed by atoms with Crippen LogP contribution in [-0.4, -0.2) is 0 Å². The van der Waals surface area contributed by atoms with Gasteiger partial charge in [-0.25, -0.2) is 8.96 Å². The van der Waals surface area contributed by atoms with Crippen molar-refractivity contribution in [3.63, 3.8) is 0 Å². The molecule has 4 aromatic rings. The van der Waals surface area contributed by atoms with Gasteiger partial charge in [-0.2, -0.15) is 0 Å². The van der Waals surface area contributed by atoms with Crippen molar-refractivity contribution in [3.8, 4) is 11.3 Å². The number of pyridine rings is 1. The average Bonchev–Trinajstić information content (AvgIpc) is 2.94. The molecule has 0 saturated carbocycles. The van der Waals surface area contributed by atoms with Crippen LogP contribution in [0.15, 0.2) is 47.0 Å². The summed E-state index contributed by atoms with van der Waals surface area (Å²) in [6, 6.07) is 11.4. The number of fused-ring (bicyclic) bond motifs is 3. The molecule has 2 nitrogen and oxygen atoms in total. The Labute approximate surface area is 152 Å². The zero-order valence-corrected chi connectivity index (χ0v) is 15.9. The molecule has 4 rings (SSSR count). The van der Waals surface area contributed by atoms with E-state index in [9.17, 15) is 4.39 Å². The number of hydrogen-bond donors (Lipinski definition) is 0. The van der Waals surface area contributed by atoms with E-state index in [0.717, 1.165) is 38.7 Å². The monoisotopic (exact) mass is 348 g/mol. The number of rotatable bonds is 2. The smallest absolute Gasteiger partial charge is 0.216 e. The Hall–Kier alpha value is -2.68. The van der Waals surface area contributed by atoms with Gasteiger partial charge in [0.1, 0.15) is 24.0 Å². The van der Waals surface area contributed by atoms with Crippen LogP contribution in [-0.2, 0) is 7.05 Å². The van der Waals surface area contributed by atoms with E-state index >= 15 is 0 Å². The first-order valence-electron chi connectivity index (χ1n) is 8.98. The molecule has 0 spiro atoms. The molecule has 0 unspecified atom stereocenters. The molecule has 2 aromatic heterocycles. The number of aryl methyl sites for hydroxylation is 3. The van der Waals surface area contributed by atoms with E-state index in [4.69, 9.17) is 4.42 Å². The van der Waals surface area contributed by atoms with Crippen LogP contribution in [0.1, 0.15) is 36.5 Å². The first-order chi connectivity index (χ1) is 12.4. The minimum atomic E-state index is -0.278. The molecule has 0 atom stereocenters. The van der Waals surface area contributed by atoms with Gasteiger partial charge in [-0.1, -0.05) is 19.9 Å². The predicted molar refractivity (Wildman–Crippen MR) is 104 cm³/mol. The fourth-order valence-electron chi connectivity index (χ4n) is 3.80. The van der Waals surface area contributed by atoms with E-state index in [1.54, 1.807) is 0 Å². The van der Waals surface area contributed by atoms with E-state index in [1.807, 2.05) is 13.1 Å². The van der Waals surface area contributed by atoms with Crippen molar-refractivity contribution in [1.82, 2.24) is 0 Å². The lowest BCUT2D eigenvalue weighted by Gasteiger charge is -2.10. The summed E-state index contributed by atoms with van der Waals surface area (Å²) in [5.41, 5.74) is 7.20. The second kappa shape index (κ2) is 5.94. The summed E-state index contributed by atoms with van der Waals surface area (Å²) >= 11 is 0. The van der Waals surface area contributed by atoms with Crippen molar-refractivity contribution in [3.05, 3.63) is 65.1 Å². The first kappa shape index (κ1) is 16.8. The van der Waals surface area contributed by atoms with Gasteiger partial charge in [0.2, 0.25) is 5.69 Å². The quantitative estimate of drug-likeness (QED) is 0.409. The lowest BCUT2D eigenvalue weighted by Crippen LogP contribution is -2.31. The summed E-state index contributed by atoms with van der Waals surface area (Å²) in [6.07, 6.45) is 2.10. The fourth-order valence-corrected chi connectivity index (χ4v) is 3.80. The molecule has 132 valence electrons. The Balaban J connectivity index is 2.14. The van der Waals surface area contributed by atoms with Crippen molar-refractivity contribution >= 4 is 21.9 Å². The van der Waals surface area contributed by atoms with Crippen LogP contribution in [0.4, 0.5) is 4.39 Å². The molecular formula is C23H23FNO+. The maximum Gasteiger partial charge on any atom is 0.216 e. The van der Waals surface area contributed by atoms with Crippen molar-refractivity contribution in [2.75, 3.05) is 0 Å². The molecule has 0 aliphatic heterocycles. The number of halogens is 1. The van der Waals surface area contributed by atoms with Gasteiger partial charge in [0, 0.05) is 29.0 Å². The highest BCUT2D eigenvalue weighted by molar-refractivity contribution is 6.11. The van der Waals surface area contributed by atoms with Crippen LogP contribution in [0, 0.1) is 19.7 Å². The van der Waals surface area contributed by atoms with Gasteiger partial charge >= 0.3 is 0 Å². The third-order valence-electron chi connectivity index (χ3n) is 5.20. The first-order valence-corrected chi connectivity index (χ1v) is 8.98. The molecule has 3 heteroatoms. The largest absolute Gasteiger partial charge is 0.455 e. The molecule has 0 aliphatic rings. The molecule has 26 heavy (non-hydrogen) atoms. The summed E-state index contributed by atoms with van der Waals surface area (Å²) in [4.78, 5) is 0. The number of benzene rings is 2. The van der Waals surface area contributed by atoms with Gasteiger partial charge in [0.05, 0.1) is 5.56 Å². The Morgan fingerprint density at radius 2 is 1.77 bits per heavy atom. The molecular weight excluding hydrogens is 325 g/mol. The van der Waals surface area contributed by atoms with Gasteiger partial charge in [-0.15, -0.1) is 0 Å². The lowest BCUT2D eigenvalue weighted by atomic mass is 9.95. The Morgan fingerprint density at radius 1 is 1.00 bits per heavy atom. The Kier molecular flexibility index (Phi) is 3.83. The van der Waals surface area contributed by atoms with Crippen LogP contribution in [0.25, 0.3) is 33.2 Å². The minimum Gasteiger partial charge on any atom is -0.455 e. The van der Waals surface area contributed by atoms with Gasteiger partial charge in [-0.3, -0.25) is 0 Å². The number of furan rings is 1. The third-order valence-corrected chi connectivity index (χ3v) is 5.20. The van der Waals surface area contributed by atoms with Crippen LogP contribution < -0.4 is 4.57 Å². The van der Waals surface area contributed by atoms with Gasteiger partial charge in [-0.05, 0) is 48.6 Å². The van der Waals surface area contributed by atoms with Crippen molar-refractivity contribution in [1.29, 1.82) is 0 Å². The molecule has 2 heterocycles. The van der Waals surface area contributed by atoms with E-state index in [1.165, 1.54) is 17.7 Å². The van der Waals surface area contributed by atoms with E-state index < -0.39 is 0 Å². The minimum absolute atomic E-state index is 0.278. The molecule has 0 amide bonds. The number of hydrogen-bond acceptors (Lipinski definition) is 1. The normalized spacial score (nSPS) is 11.8. The molecule has 0 aliphatic carbocycles. The molecule has 2 aromatic carbocycles. The van der Waals surface area contributed by atoms with Crippen molar-refractivity contribution < 1.29 is 13.4 Å². The second-order valence-corrected chi connectivity index (χ2v) is 7.44. The maximum atomic E-state index is 13.7. The fraction of sp³-hybridized carbons (Fsp3) is 0.261. The topological polar surface area (TPSA) is 17.0 Å². The summed E-state index contributed by atoms with van der Waals surface area (Å²) in [5.74, 6) is 0.167. The van der Waals surface area contributed by atoms with Gasteiger partial charge < -0.3 is 4.42 Å². The summed E-state index contributed by atoms with van der Waals surface area (Å²) in [6.45, 7) is 8.58. The lowest BCUT2D eigenvalue weighted by molar-refractivity contribution is -0.660. The molecule has 0 bridgehead atoms. The SMILES string of the molecule is Cc1cc(C)c2c(oc3cc(F)ccc32)c1-c1cc(C(C)C)cc[n+]1C. The standard InChI is InChI=1S/C23H23FNO/c1-13(2)16-8-9-25(5)19(11-16)22-15(4)10-14(3)21-18-7-6-17(24)12-20(18)26-23(21)22/h6-13H,1-5H3/q+1. The second-order valence-electron chi connectivity index (χ2n) is 7.44. The number of aromatic nitrogens is 1. The van der Waals surface area contributed by atoms with Crippen LogP contribution in [0.5, 0.6) is 0 Å². The molecule has 0 radical (unpaired) electrons. The van der Waals surface area contributed by atoms with Crippen LogP contribution in [0.2, 0.25) is 0 Å². The maximum absolute atomic E-state index is 13.7. The van der Waals surface area contributed by atoms with E-state index in [-0.39, 0.29) is 5.82 Å². The van der Waals surface area contributed by atoms with Gasteiger partial charge in [0.25, 0.3) is 0 Å². The van der Waals surface area contributed by atoms with Crippen LogP contribution >= 0.6 is 0 Å². The molecule has 0 saturated heterocycles. The average molecular weight is 348 g/mol. The molecule has 0 fully saturated rings. The highest BCUT2D eigenvalue weighted by Crippen LogP contribution is 2.39. The highest BCUT2D eigenvalue weighted by atomic mass is 19.1. The Bertz CT molecular complexity index is 1150.